The molecular weight excluding hydrogens is 244 g/mol. The molecule has 0 aromatic rings. The minimum atomic E-state index is -0.381. The van der Waals surface area contributed by atoms with Crippen LogP contribution in [0.4, 0.5) is 0 Å². The molecule has 0 aliphatic carbocycles. The van der Waals surface area contributed by atoms with E-state index < -0.39 is 0 Å². The minimum Gasteiger partial charge on any atom is -0.322 e. The fourth-order valence-corrected chi connectivity index (χ4v) is 0.129. The van der Waals surface area contributed by atoms with Crippen LogP contribution in [0, 0.1) is 0 Å². The predicted molar refractivity (Wildman–Crippen MR) is 80.5 cm³/mol. The molecule has 0 amide bonds. The fourth-order valence-electron chi connectivity index (χ4n) is 0.0430. The van der Waals surface area contributed by atoms with Crippen LogP contribution in [0.25, 0.3) is 0 Å². The summed E-state index contributed by atoms with van der Waals surface area (Å²) in [5, 5.41) is 0. The Morgan fingerprint density at radius 3 is 1.44 bits per heavy atom. The number of nitrogens with two attached hydrogens (primary N) is 2. The first-order chi connectivity index (χ1) is 6.49. The minimum absolute atomic E-state index is 0. The molecule has 102 valence electrons. The molecule has 0 bridgehead atoms. The van der Waals surface area contributed by atoms with E-state index in [2.05, 4.69) is 12.6 Å². The summed E-state index contributed by atoms with van der Waals surface area (Å²) in [5.41, 5.74) is 9.95. The summed E-state index contributed by atoms with van der Waals surface area (Å²) in [5.74, 6) is 0.434. The molecule has 0 unspecified atom stereocenters. The van der Waals surface area contributed by atoms with Gasteiger partial charge in [-0.05, 0) is 19.4 Å². The van der Waals surface area contributed by atoms with Gasteiger partial charge >= 0.3 is 0 Å². The van der Waals surface area contributed by atoms with Gasteiger partial charge in [0.05, 0.1) is 12.1 Å². The highest BCUT2D eigenvalue weighted by atomic mass is 32.2. The number of carbonyl (C=O) groups excluding carboxylic acids is 2. The normalized spacial score (nSPS) is 10.6. The smallest absolute Gasteiger partial charge is 0.137 e. The van der Waals surface area contributed by atoms with Crippen molar-refractivity contribution in [1.82, 2.24) is 0 Å². The molecular formula is C10H28N2O2S2. The third kappa shape index (κ3) is 66.0. The molecule has 6 heteroatoms. The van der Waals surface area contributed by atoms with Crippen LogP contribution in [-0.2, 0) is 9.59 Å². The van der Waals surface area contributed by atoms with Crippen LogP contribution in [0.2, 0.25) is 0 Å². The molecule has 0 saturated heterocycles. The van der Waals surface area contributed by atoms with E-state index in [1.54, 1.807) is 18.7 Å². The molecule has 0 aliphatic rings. The van der Waals surface area contributed by atoms with Gasteiger partial charge in [-0.25, -0.2) is 0 Å². The van der Waals surface area contributed by atoms with Crippen molar-refractivity contribution in [2.24, 2.45) is 11.5 Å². The summed E-state index contributed by atoms with van der Waals surface area (Å²) in [6.45, 7) is 1.63. The lowest BCUT2D eigenvalue weighted by Gasteiger charge is -1.90. The van der Waals surface area contributed by atoms with E-state index in [1.165, 1.54) is 0 Å². The third-order valence-corrected chi connectivity index (χ3v) is 1.02. The second-order valence-corrected chi connectivity index (χ2v) is 3.57. The molecule has 2 atom stereocenters. The number of aldehydes is 2. The van der Waals surface area contributed by atoms with Crippen molar-refractivity contribution in [1.29, 1.82) is 0 Å². The van der Waals surface area contributed by atoms with Crippen molar-refractivity contribution in [2.75, 3.05) is 18.3 Å². The number of rotatable bonds is 3. The molecule has 0 aromatic carbocycles. The Hall–Kier alpha value is -0.0400. The fraction of sp³-hybridized carbons (Fsp3) is 0.800. The summed E-state index contributed by atoms with van der Waals surface area (Å²) in [6, 6.07) is -0.677. The van der Waals surface area contributed by atoms with E-state index in [9.17, 15) is 9.59 Å². The van der Waals surface area contributed by atoms with Gasteiger partial charge in [-0.3, -0.25) is 0 Å². The Bertz CT molecular complexity index is 125. The molecule has 0 heterocycles. The number of hydrogen-bond donors (Lipinski definition) is 3. The Morgan fingerprint density at radius 2 is 1.44 bits per heavy atom. The van der Waals surface area contributed by atoms with Crippen molar-refractivity contribution in [3.63, 3.8) is 0 Å². The average Bonchev–Trinajstić information content (AvgIpc) is 2.18. The topological polar surface area (TPSA) is 86.2 Å². The van der Waals surface area contributed by atoms with Gasteiger partial charge in [-0.2, -0.15) is 24.4 Å². The van der Waals surface area contributed by atoms with Crippen LogP contribution in [0.3, 0.4) is 0 Å². The summed E-state index contributed by atoms with van der Waals surface area (Å²) < 4.78 is 0. The predicted octanol–water partition coefficient (Wildman–Crippen LogP) is 1.23. The summed E-state index contributed by atoms with van der Waals surface area (Å²) >= 11 is 5.49. The average molecular weight is 272 g/mol. The molecule has 0 aromatic heterocycles. The van der Waals surface area contributed by atoms with Crippen LogP contribution in [0.1, 0.15) is 21.8 Å². The molecule has 4 N–H and O–H groups in total. The highest BCUT2D eigenvalue weighted by Crippen LogP contribution is 1.73. The summed E-state index contributed by atoms with van der Waals surface area (Å²) in [6.07, 6.45) is 5.45. The molecule has 0 spiro atoms. The zero-order valence-electron chi connectivity index (χ0n) is 8.84. The number of hydrogen-bond acceptors (Lipinski definition) is 6. The van der Waals surface area contributed by atoms with Crippen molar-refractivity contribution >= 4 is 37.0 Å². The molecule has 0 aliphatic heterocycles. The van der Waals surface area contributed by atoms with Gasteiger partial charge < -0.3 is 21.1 Å². The van der Waals surface area contributed by atoms with Gasteiger partial charge in [0.1, 0.15) is 12.6 Å². The molecule has 16 heavy (non-hydrogen) atoms. The van der Waals surface area contributed by atoms with Crippen LogP contribution in [0.15, 0.2) is 0 Å². The van der Waals surface area contributed by atoms with E-state index in [0.717, 1.165) is 0 Å². The van der Waals surface area contributed by atoms with Crippen LogP contribution >= 0.6 is 24.4 Å². The molecule has 0 radical (unpaired) electrons. The van der Waals surface area contributed by atoms with Crippen LogP contribution in [-0.4, -0.2) is 42.9 Å². The van der Waals surface area contributed by atoms with E-state index in [-0.39, 0.29) is 26.9 Å². The molecule has 4 nitrogen and oxygen atoms in total. The highest BCUT2D eigenvalue weighted by molar-refractivity contribution is 7.97. The highest BCUT2D eigenvalue weighted by Gasteiger charge is 1.89. The number of carbonyl (C=O) groups is 2. The Balaban J connectivity index is -0.0000000373. The van der Waals surface area contributed by atoms with E-state index >= 15 is 0 Å². The molecule has 0 rings (SSSR count). The molecule has 0 saturated carbocycles. The molecule has 0 fully saturated rings. The lowest BCUT2D eigenvalue weighted by Crippen LogP contribution is -2.22. The van der Waals surface area contributed by atoms with Crippen LogP contribution in [0.5, 0.6) is 0 Å². The number of thioether (sulfide) groups is 1. The zero-order chi connectivity index (χ0) is 12.0. The van der Waals surface area contributed by atoms with Crippen molar-refractivity contribution in [3.8, 4) is 0 Å². The monoisotopic (exact) mass is 272 g/mol. The third-order valence-electron chi connectivity index (χ3n) is 0.600. The lowest BCUT2D eigenvalue weighted by atomic mass is 10.4. The first-order valence-electron chi connectivity index (χ1n) is 3.92. The van der Waals surface area contributed by atoms with Gasteiger partial charge in [-0.15, -0.1) is 0 Å². The lowest BCUT2D eigenvalue weighted by molar-refractivity contribution is -0.109. The van der Waals surface area contributed by atoms with Crippen molar-refractivity contribution in [3.05, 3.63) is 0 Å². The quantitative estimate of drug-likeness (QED) is 0.531. The first-order valence-corrected chi connectivity index (χ1v) is 6.19. The van der Waals surface area contributed by atoms with Gasteiger partial charge in [0.15, 0.2) is 0 Å². The Labute approximate surface area is 110 Å². The van der Waals surface area contributed by atoms with E-state index in [0.29, 0.717) is 18.3 Å². The number of thiol groups is 1. The second-order valence-electron chi connectivity index (χ2n) is 2.39. The van der Waals surface area contributed by atoms with E-state index in [4.69, 9.17) is 11.5 Å². The van der Waals surface area contributed by atoms with Gasteiger partial charge in [0, 0.05) is 5.75 Å². The van der Waals surface area contributed by atoms with E-state index in [1.807, 2.05) is 12.5 Å². The van der Waals surface area contributed by atoms with Crippen molar-refractivity contribution < 1.29 is 9.59 Å². The second kappa shape index (κ2) is 29.4. The van der Waals surface area contributed by atoms with Crippen molar-refractivity contribution in [2.45, 2.75) is 33.9 Å². The van der Waals surface area contributed by atoms with Crippen LogP contribution < -0.4 is 11.5 Å². The van der Waals surface area contributed by atoms with Gasteiger partial charge in [-0.1, -0.05) is 14.9 Å². The van der Waals surface area contributed by atoms with Gasteiger partial charge in [0.25, 0.3) is 0 Å². The maximum absolute atomic E-state index is 9.56. The summed E-state index contributed by atoms with van der Waals surface area (Å²) in [4.78, 5) is 18.9. The standard InChI is InChI=1S/C3H7NOS.C3H7NO.C2H6S.2CH4/c4-3(1-5)2-6;1-3(4)2-5;1-3-2;;/h1,3,6H,2,4H2;2-3H,4H2,1H3;1-2H3;2*1H4/t2*3-;;;/m10.../s1. The SMILES string of the molecule is C.C.CSC.C[C@H](N)C=O.N[C@H](C=O)CS. The Morgan fingerprint density at radius 1 is 1.19 bits per heavy atom. The van der Waals surface area contributed by atoms with Gasteiger partial charge in [0.2, 0.25) is 0 Å². The maximum atomic E-state index is 9.56. The summed E-state index contributed by atoms with van der Waals surface area (Å²) in [7, 11) is 0. The first kappa shape index (κ1) is 29.7. The zero-order valence-corrected chi connectivity index (χ0v) is 10.6. The Kier molecular flexibility index (Phi) is 54.6. The largest absolute Gasteiger partial charge is 0.322 e. The maximum Gasteiger partial charge on any atom is 0.137 e.